The van der Waals surface area contributed by atoms with E-state index in [1.54, 1.807) is 0 Å². The minimum Gasteiger partial charge on any atom is -0.388 e. The fourth-order valence-corrected chi connectivity index (χ4v) is 2.15. The van der Waals surface area contributed by atoms with Crippen LogP contribution in [0.2, 0.25) is 0 Å². The molecule has 0 saturated carbocycles. The summed E-state index contributed by atoms with van der Waals surface area (Å²) in [5.41, 5.74) is 3.25. The van der Waals surface area contributed by atoms with E-state index in [-0.39, 0.29) is 5.92 Å². The van der Waals surface area contributed by atoms with Crippen molar-refractivity contribution in [2.24, 2.45) is 0 Å². The number of hydrogen-bond donors (Lipinski definition) is 1. The highest BCUT2D eigenvalue weighted by Gasteiger charge is 2.14. The van der Waals surface area contributed by atoms with Gasteiger partial charge in [-0.1, -0.05) is 48.5 Å². The molecule has 92 valence electrons. The van der Waals surface area contributed by atoms with Crippen molar-refractivity contribution in [2.45, 2.75) is 12.3 Å². The van der Waals surface area contributed by atoms with Crippen LogP contribution in [0, 0.1) is 0 Å². The van der Waals surface area contributed by atoms with Crippen molar-refractivity contribution in [3.05, 3.63) is 65.7 Å². The van der Waals surface area contributed by atoms with E-state index < -0.39 is 0 Å². The summed E-state index contributed by atoms with van der Waals surface area (Å²) in [7, 11) is 1.88. The first-order valence-electron chi connectivity index (χ1n) is 6.11. The summed E-state index contributed by atoms with van der Waals surface area (Å²) < 4.78 is 0. The van der Waals surface area contributed by atoms with Gasteiger partial charge in [-0.2, -0.15) is 0 Å². The van der Waals surface area contributed by atoms with E-state index in [0.717, 1.165) is 24.0 Å². The Bertz CT molecular complexity index is 508. The summed E-state index contributed by atoms with van der Waals surface area (Å²) >= 11 is 0. The fourth-order valence-electron chi connectivity index (χ4n) is 2.15. The second-order valence-corrected chi connectivity index (χ2v) is 4.27. The molecule has 0 aromatic heterocycles. The normalized spacial score (nSPS) is 11.8. The van der Waals surface area contributed by atoms with Crippen molar-refractivity contribution >= 4 is 12.0 Å². The minimum atomic E-state index is -0.101. The third-order valence-electron chi connectivity index (χ3n) is 3.09. The second-order valence-electron chi connectivity index (χ2n) is 4.27. The van der Waals surface area contributed by atoms with Gasteiger partial charge in [0.15, 0.2) is 0 Å². The average Bonchev–Trinajstić information content (AvgIpc) is 2.46. The maximum absolute atomic E-state index is 11.4. The summed E-state index contributed by atoms with van der Waals surface area (Å²) in [5.74, 6) is -0.101. The molecule has 1 N–H and O–H groups in total. The molecule has 0 aliphatic rings. The van der Waals surface area contributed by atoms with Gasteiger partial charge in [0, 0.05) is 18.7 Å². The van der Waals surface area contributed by atoms with Gasteiger partial charge in [-0.15, -0.1) is 0 Å². The van der Waals surface area contributed by atoms with Crippen LogP contribution in [0.15, 0.2) is 54.6 Å². The number of carbonyl (C=O) groups is 1. The Labute approximate surface area is 108 Å². The Hall–Kier alpha value is -2.09. The molecule has 0 aliphatic heterocycles. The lowest BCUT2D eigenvalue weighted by atomic mass is 9.92. The largest absolute Gasteiger partial charge is 0.388 e. The van der Waals surface area contributed by atoms with Crippen molar-refractivity contribution in [3.8, 4) is 0 Å². The Morgan fingerprint density at radius 3 is 2.39 bits per heavy atom. The Balaban J connectivity index is 2.26. The lowest BCUT2D eigenvalue weighted by Crippen LogP contribution is -2.07. The van der Waals surface area contributed by atoms with Crippen LogP contribution < -0.4 is 5.32 Å². The third-order valence-corrected chi connectivity index (χ3v) is 3.09. The van der Waals surface area contributed by atoms with Gasteiger partial charge < -0.3 is 10.1 Å². The van der Waals surface area contributed by atoms with E-state index in [4.69, 9.17) is 0 Å². The molecule has 0 heterocycles. The Morgan fingerprint density at radius 1 is 1.06 bits per heavy atom. The van der Waals surface area contributed by atoms with Crippen molar-refractivity contribution in [1.82, 2.24) is 0 Å². The predicted octanol–water partition coefficient (Wildman–Crippen LogP) is 3.25. The van der Waals surface area contributed by atoms with Crippen LogP contribution in [-0.4, -0.2) is 13.3 Å². The number of nitrogens with one attached hydrogen (secondary N) is 1. The number of hydrogen-bond acceptors (Lipinski definition) is 2. The van der Waals surface area contributed by atoms with Gasteiger partial charge in [0.2, 0.25) is 0 Å². The van der Waals surface area contributed by atoms with Gasteiger partial charge in [-0.25, -0.2) is 0 Å². The van der Waals surface area contributed by atoms with E-state index in [1.807, 2.05) is 49.5 Å². The molecule has 18 heavy (non-hydrogen) atoms. The summed E-state index contributed by atoms with van der Waals surface area (Å²) in [4.78, 5) is 11.4. The molecule has 0 bridgehead atoms. The van der Waals surface area contributed by atoms with Crippen LogP contribution in [-0.2, 0) is 11.2 Å². The molecule has 1 atom stereocenters. The monoisotopic (exact) mass is 239 g/mol. The van der Waals surface area contributed by atoms with Crippen LogP contribution in [0.3, 0.4) is 0 Å². The number of anilines is 1. The smallest absolute Gasteiger partial charge is 0.127 e. The average molecular weight is 239 g/mol. The van der Waals surface area contributed by atoms with Crippen LogP contribution in [0.1, 0.15) is 17.0 Å². The highest BCUT2D eigenvalue weighted by molar-refractivity contribution is 5.68. The first kappa shape index (κ1) is 12.4. The number of benzene rings is 2. The first-order valence-corrected chi connectivity index (χ1v) is 6.11. The molecule has 2 rings (SSSR count). The zero-order valence-electron chi connectivity index (χ0n) is 10.5. The molecule has 0 saturated heterocycles. The van der Waals surface area contributed by atoms with Gasteiger partial charge in [0.05, 0.1) is 0 Å². The van der Waals surface area contributed by atoms with Crippen molar-refractivity contribution in [1.29, 1.82) is 0 Å². The molecule has 2 aromatic carbocycles. The minimum absolute atomic E-state index is 0.101. The molecule has 2 aromatic rings. The van der Waals surface area contributed by atoms with Crippen LogP contribution in [0.25, 0.3) is 0 Å². The summed E-state index contributed by atoms with van der Waals surface area (Å²) in [5, 5.41) is 3.14. The van der Waals surface area contributed by atoms with Crippen molar-refractivity contribution in [3.63, 3.8) is 0 Å². The zero-order valence-corrected chi connectivity index (χ0v) is 10.5. The third kappa shape index (κ3) is 2.77. The summed E-state index contributed by atoms with van der Waals surface area (Å²) in [6.45, 7) is 0. The molecule has 0 fully saturated rings. The van der Waals surface area contributed by atoms with E-state index in [9.17, 15) is 4.79 Å². The van der Waals surface area contributed by atoms with Crippen molar-refractivity contribution in [2.75, 3.05) is 12.4 Å². The molecule has 2 heteroatoms. The number of rotatable bonds is 5. The van der Waals surface area contributed by atoms with Gasteiger partial charge in [-0.3, -0.25) is 0 Å². The van der Waals surface area contributed by atoms with Gasteiger partial charge in [0.1, 0.15) is 6.29 Å². The second kappa shape index (κ2) is 6.01. The molecular formula is C16H17NO. The molecular weight excluding hydrogens is 222 g/mol. The standard InChI is InChI=1S/C16H17NO/c1-17-16-10-6-5-9-15(16)14(12-18)11-13-7-3-2-4-8-13/h2-10,12,14,17H,11H2,1H3. The quantitative estimate of drug-likeness (QED) is 0.811. The first-order chi connectivity index (χ1) is 8.85. The Kier molecular flexibility index (Phi) is 4.13. The topological polar surface area (TPSA) is 29.1 Å². The fraction of sp³-hybridized carbons (Fsp3) is 0.188. The molecule has 0 spiro atoms. The van der Waals surface area contributed by atoms with E-state index in [1.165, 1.54) is 5.56 Å². The van der Waals surface area contributed by atoms with Gasteiger partial charge in [-0.05, 0) is 23.6 Å². The molecule has 0 aliphatic carbocycles. The van der Waals surface area contributed by atoms with Crippen LogP contribution in [0.4, 0.5) is 5.69 Å². The van der Waals surface area contributed by atoms with Gasteiger partial charge in [0.25, 0.3) is 0 Å². The van der Waals surface area contributed by atoms with Crippen LogP contribution in [0.5, 0.6) is 0 Å². The SMILES string of the molecule is CNc1ccccc1C(C=O)Cc1ccccc1. The number of para-hydroxylation sites is 1. The molecule has 0 amide bonds. The number of carbonyl (C=O) groups excluding carboxylic acids is 1. The van der Waals surface area contributed by atoms with Crippen LogP contribution >= 0.6 is 0 Å². The molecule has 2 nitrogen and oxygen atoms in total. The molecule has 0 radical (unpaired) electrons. The summed E-state index contributed by atoms with van der Waals surface area (Å²) in [6.07, 6.45) is 1.77. The predicted molar refractivity (Wildman–Crippen MR) is 74.9 cm³/mol. The van der Waals surface area contributed by atoms with E-state index in [0.29, 0.717) is 0 Å². The van der Waals surface area contributed by atoms with Crippen molar-refractivity contribution < 1.29 is 4.79 Å². The maximum Gasteiger partial charge on any atom is 0.127 e. The maximum atomic E-state index is 11.4. The zero-order chi connectivity index (χ0) is 12.8. The Morgan fingerprint density at radius 2 is 1.72 bits per heavy atom. The van der Waals surface area contributed by atoms with E-state index in [2.05, 4.69) is 17.4 Å². The highest BCUT2D eigenvalue weighted by atomic mass is 16.1. The molecule has 1 unspecified atom stereocenters. The van der Waals surface area contributed by atoms with E-state index >= 15 is 0 Å². The number of aldehydes is 1. The lowest BCUT2D eigenvalue weighted by molar-refractivity contribution is -0.109. The lowest BCUT2D eigenvalue weighted by Gasteiger charge is -2.15. The van der Waals surface area contributed by atoms with Gasteiger partial charge >= 0.3 is 0 Å². The highest BCUT2D eigenvalue weighted by Crippen LogP contribution is 2.25. The summed E-state index contributed by atoms with van der Waals surface area (Å²) in [6, 6.07) is 18.0.